The van der Waals surface area contributed by atoms with Crippen LogP contribution in [0.2, 0.25) is 0 Å². The van der Waals surface area contributed by atoms with E-state index >= 15 is 0 Å². The van der Waals surface area contributed by atoms with Crippen molar-refractivity contribution in [2.24, 2.45) is 0 Å². The SMILES string of the molecule is COc1ccc(O)c(C)c1.COc1ccc(Oc2ccc(C(F)(F)F)cc2C(=O)Nc2cc[nH]c(=O)c2)c(C)c1. The van der Waals surface area contributed by atoms with Crippen LogP contribution in [0.3, 0.4) is 0 Å². The highest BCUT2D eigenvalue weighted by Gasteiger charge is 2.32. The highest BCUT2D eigenvalue weighted by Crippen LogP contribution is 2.36. The molecule has 1 heterocycles. The van der Waals surface area contributed by atoms with Crippen molar-refractivity contribution in [1.29, 1.82) is 0 Å². The number of carbonyl (C=O) groups is 1. The molecular formula is C29H27F3N2O6. The number of benzene rings is 3. The summed E-state index contributed by atoms with van der Waals surface area (Å²) in [6.45, 7) is 3.57. The highest BCUT2D eigenvalue weighted by atomic mass is 19.4. The zero-order chi connectivity index (χ0) is 29.4. The summed E-state index contributed by atoms with van der Waals surface area (Å²) < 4.78 is 55.4. The number of methoxy groups -OCH3 is 2. The Labute approximate surface area is 228 Å². The largest absolute Gasteiger partial charge is 0.508 e. The van der Waals surface area contributed by atoms with Crippen LogP contribution in [0, 0.1) is 13.8 Å². The first kappa shape index (κ1) is 29.6. The van der Waals surface area contributed by atoms with E-state index in [2.05, 4.69) is 10.3 Å². The number of halogens is 3. The van der Waals surface area contributed by atoms with Crippen LogP contribution in [0.25, 0.3) is 0 Å². The molecule has 3 N–H and O–H groups in total. The summed E-state index contributed by atoms with van der Waals surface area (Å²) in [6.07, 6.45) is -3.34. The topological polar surface area (TPSA) is 110 Å². The number of ether oxygens (including phenoxy) is 3. The Hall–Kier alpha value is -4.93. The number of nitrogens with one attached hydrogen (secondary N) is 2. The first-order valence-corrected chi connectivity index (χ1v) is 11.8. The van der Waals surface area contributed by atoms with Crippen LogP contribution in [-0.4, -0.2) is 30.2 Å². The number of phenolic OH excluding ortho intramolecular Hbond substituents is 1. The quantitative estimate of drug-likeness (QED) is 0.251. The fraction of sp³-hybridized carbons (Fsp3) is 0.172. The van der Waals surface area contributed by atoms with E-state index in [-0.39, 0.29) is 17.0 Å². The van der Waals surface area contributed by atoms with Crippen LogP contribution in [0.4, 0.5) is 18.9 Å². The first-order chi connectivity index (χ1) is 18.9. The third kappa shape index (κ3) is 7.79. The predicted molar refractivity (Wildman–Crippen MR) is 144 cm³/mol. The minimum absolute atomic E-state index is 0.0707. The highest BCUT2D eigenvalue weighted by molar-refractivity contribution is 6.06. The zero-order valence-electron chi connectivity index (χ0n) is 22.1. The maximum atomic E-state index is 13.2. The molecule has 1 amide bonds. The molecule has 0 aliphatic rings. The van der Waals surface area contributed by atoms with E-state index in [9.17, 15) is 22.8 Å². The number of hydrogen-bond acceptors (Lipinski definition) is 6. The molecule has 11 heteroatoms. The van der Waals surface area contributed by atoms with Crippen molar-refractivity contribution in [2.75, 3.05) is 19.5 Å². The lowest BCUT2D eigenvalue weighted by atomic mass is 10.1. The molecule has 0 unspecified atom stereocenters. The molecule has 8 nitrogen and oxygen atoms in total. The third-order valence-electron chi connectivity index (χ3n) is 5.59. The van der Waals surface area contributed by atoms with Crippen LogP contribution in [-0.2, 0) is 6.18 Å². The van der Waals surface area contributed by atoms with Gasteiger partial charge in [0, 0.05) is 18.0 Å². The summed E-state index contributed by atoms with van der Waals surface area (Å²) in [5.74, 6) is 1.09. The molecule has 4 rings (SSSR count). The van der Waals surface area contributed by atoms with Gasteiger partial charge in [-0.2, -0.15) is 13.2 Å². The van der Waals surface area contributed by atoms with Crippen molar-refractivity contribution in [3.05, 3.63) is 106 Å². The van der Waals surface area contributed by atoms with Gasteiger partial charge in [-0.25, -0.2) is 0 Å². The van der Waals surface area contributed by atoms with Gasteiger partial charge in [-0.15, -0.1) is 0 Å². The molecule has 210 valence electrons. The molecule has 0 aliphatic heterocycles. The average molecular weight is 557 g/mol. The predicted octanol–water partition coefficient (Wildman–Crippen LogP) is 6.46. The Bertz CT molecular complexity index is 1550. The maximum absolute atomic E-state index is 13.2. The number of alkyl halides is 3. The number of carbonyl (C=O) groups excluding carboxylic acids is 1. The van der Waals surface area contributed by atoms with Crippen molar-refractivity contribution in [1.82, 2.24) is 4.98 Å². The zero-order valence-corrected chi connectivity index (χ0v) is 22.1. The minimum atomic E-state index is -4.65. The number of aromatic nitrogens is 1. The molecule has 0 bridgehead atoms. The molecular weight excluding hydrogens is 529 g/mol. The molecule has 0 saturated carbocycles. The van der Waals surface area contributed by atoms with E-state index in [0.29, 0.717) is 28.9 Å². The van der Waals surface area contributed by atoms with Crippen molar-refractivity contribution in [3.8, 4) is 28.7 Å². The van der Waals surface area contributed by atoms with Crippen LogP contribution in [0.1, 0.15) is 27.0 Å². The van der Waals surface area contributed by atoms with Gasteiger partial charge in [0.25, 0.3) is 5.91 Å². The second kappa shape index (κ2) is 12.7. The van der Waals surface area contributed by atoms with Crippen molar-refractivity contribution >= 4 is 11.6 Å². The number of amides is 1. The Morgan fingerprint density at radius 2 is 1.48 bits per heavy atom. The first-order valence-electron chi connectivity index (χ1n) is 11.8. The number of aromatic hydroxyl groups is 1. The molecule has 4 aromatic rings. The van der Waals surface area contributed by atoms with Crippen molar-refractivity contribution < 1.29 is 37.3 Å². The van der Waals surface area contributed by atoms with E-state index in [1.807, 2.05) is 6.92 Å². The number of H-pyrrole nitrogens is 1. The number of aromatic amines is 1. The van der Waals surface area contributed by atoms with Gasteiger partial charge >= 0.3 is 6.18 Å². The van der Waals surface area contributed by atoms with E-state index in [1.54, 1.807) is 50.4 Å². The minimum Gasteiger partial charge on any atom is -0.508 e. The third-order valence-corrected chi connectivity index (χ3v) is 5.59. The molecule has 0 fully saturated rings. The van der Waals surface area contributed by atoms with Crippen LogP contribution in [0.15, 0.2) is 77.7 Å². The van der Waals surface area contributed by atoms with Crippen LogP contribution >= 0.6 is 0 Å². The molecule has 0 aliphatic carbocycles. The summed E-state index contributed by atoms with van der Waals surface area (Å²) >= 11 is 0. The number of pyridine rings is 1. The summed E-state index contributed by atoms with van der Waals surface area (Å²) in [6, 6.07) is 15.2. The summed E-state index contributed by atoms with van der Waals surface area (Å²) in [5.41, 5.74) is -0.179. The Morgan fingerprint density at radius 1 is 0.850 bits per heavy atom. The van der Waals surface area contributed by atoms with Gasteiger partial charge in [-0.1, -0.05) is 0 Å². The van der Waals surface area contributed by atoms with Gasteiger partial charge < -0.3 is 29.6 Å². The number of hydrogen-bond donors (Lipinski definition) is 3. The van der Waals surface area contributed by atoms with E-state index in [4.69, 9.17) is 19.3 Å². The summed E-state index contributed by atoms with van der Waals surface area (Å²) in [7, 11) is 3.11. The molecule has 0 radical (unpaired) electrons. The standard InChI is InChI=1S/C21H17F3N2O4.C8H10O2/c1-12-9-15(29-2)4-6-17(12)30-18-5-3-13(21(22,23)24)10-16(18)20(28)26-14-7-8-25-19(27)11-14;1-6-5-7(10-2)3-4-8(6)9/h3-11H,1-2H3,(H2,25,26,27,28);3-5,9H,1-2H3. The van der Waals surface area contributed by atoms with Gasteiger partial charge in [0.2, 0.25) is 5.56 Å². The van der Waals surface area contributed by atoms with Gasteiger partial charge in [0.15, 0.2) is 0 Å². The molecule has 0 spiro atoms. The molecule has 0 saturated heterocycles. The Balaban J connectivity index is 0.000000371. The van der Waals surface area contributed by atoms with Gasteiger partial charge in [-0.3, -0.25) is 9.59 Å². The van der Waals surface area contributed by atoms with Gasteiger partial charge in [0.05, 0.1) is 25.3 Å². The van der Waals surface area contributed by atoms with E-state index in [1.165, 1.54) is 19.4 Å². The van der Waals surface area contributed by atoms with E-state index < -0.39 is 23.2 Å². The number of anilines is 1. The monoisotopic (exact) mass is 556 g/mol. The van der Waals surface area contributed by atoms with Crippen molar-refractivity contribution in [3.63, 3.8) is 0 Å². The molecule has 40 heavy (non-hydrogen) atoms. The van der Waals surface area contributed by atoms with Crippen LogP contribution in [0.5, 0.6) is 28.7 Å². The number of rotatable bonds is 6. The lowest BCUT2D eigenvalue weighted by Gasteiger charge is -2.16. The van der Waals surface area contributed by atoms with Gasteiger partial charge in [-0.05, 0) is 85.6 Å². The fourth-order valence-corrected chi connectivity index (χ4v) is 3.43. The number of aryl methyl sites for hydroxylation is 2. The van der Waals surface area contributed by atoms with Gasteiger partial charge in [0.1, 0.15) is 28.7 Å². The molecule has 0 atom stereocenters. The second-order valence-electron chi connectivity index (χ2n) is 8.49. The number of phenols is 1. The smallest absolute Gasteiger partial charge is 0.416 e. The lowest BCUT2D eigenvalue weighted by molar-refractivity contribution is -0.137. The Kier molecular flexibility index (Phi) is 9.44. The summed E-state index contributed by atoms with van der Waals surface area (Å²) in [4.78, 5) is 26.5. The van der Waals surface area contributed by atoms with Crippen LogP contribution < -0.4 is 25.1 Å². The maximum Gasteiger partial charge on any atom is 0.416 e. The average Bonchev–Trinajstić information content (AvgIpc) is 2.91. The fourth-order valence-electron chi connectivity index (χ4n) is 3.43. The summed E-state index contributed by atoms with van der Waals surface area (Å²) in [5, 5.41) is 11.5. The molecule has 3 aromatic carbocycles. The molecule has 1 aromatic heterocycles. The van der Waals surface area contributed by atoms with E-state index in [0.717, 1.165) is 29.5 Å². The lowest BCUT2D eigenvalue weighted by Crippen LogP contribution is -2.16. The van der Waals surface area contributed by atoms with Crippen molar-refractivity contribution in [2.45, 2.75) is 20.0 Å². The normalized spacial score (nSPS) is 10.7. The second-order valence-corrected chi connectivity index (χ2v) is 8.49. The Morgan fingerprint density at radius 3 is 2.05 bits per heavy atom.